The summed E-state index contributed by atoms with van der Waals surface area (Å²) < 4.78 is 3.53. The number of halogens is 1. The number of nitriles is 1. The van der Waals surface area contributed by atoms with Gasteiger partial charge in [-0.2, -0.15) is 5.26 Å². The summed E-state index contributed by atoms with van der Waals surface area (Å²) in [7, 11) is 4.34. The predicted octanol–water partition coefficient (Wildman–Crippen LogP) is 1.59. The molecular weight excluding hydrogens is 355 g/mol. The van der Waals surface area contributed by atoms with Crippen LogP contribution in [0.25, 0.3) is 0 Å². The van der Waals surface area contributed by atoms with E-state index in [2.05, 4.69) is 60.6 Å². The van der Waals surface area contributed by atoms with Crippen molar-refractivity contribution in [3.63, 3.8) is 0 Å². The van der Waals surface area contributed by atoms with Gasteiger partial charge in [0.1, 0.15) is 0 Å². The Kier molecular flexibility index (Phi) is 16.2. The van der Waals surface area contributed by atoms with E-state index in [9.17, 15) is 0 Å². The van der Waals surface area contributed by atoms with Crippen molar-refractivity contribution >= 4 is 48.3 Å². The van der Waals surface area contributed by atoms with Gasteiger partial charge in [-0.3, -0.25) is 0 Å². The van der Waals surface area contributed by atoms with Crippen LogP contribution in [0, 0.1) is 11.3 Å². The first-order valence-electron chi connectivity index (χ1n) is 5.12. The molecule has 2 rings (SSSR count). The third-order valence-electron chi connectivity index (χ3n) is 1.23. The van der Waals surface area contributed by atoms with E-state index in [-0.39, 0.29) is 0 Å². The van der Waals surface area contributed by atoms with Gasteiger partial charge in [-0.15, -0.1) is 0 Å². The van der Waals surface area contributed by atoms with Gasteiger partial charge in [0.2, 0.25) is 11.9 Å². The number of hydrogen-bond acceptors (Lipinski definition) is 9. The molecule has 11 heteroatoms. The minimum absolute atomic E-state index is 0.299. The van der Waals surface area contributed by atoms with Crippen molar-refractivity contribution in [1.29, 1.82) is 5.26 Å². The van der Waals surface area contributed by atoms with Gasteiger partial charge in [0.25, 0.3) is 0 Å². The van der Waals surface area contributed by atoms with E-state index in [4.69, 9.17) is 16.7 Å². The van der Waals surface area contributed by atoms with Gasteiger partial charge >= 0.3 is 24.8 Å². The van der Waals surface area contributed by atoms with Crippen molar-refractivity contribution in [2.45, 2.75) is 6.92 Å². The summed E-state index contributed by atoms with van der Waals surface area (Å²) in [6.07, 6.45) is 6.40. The second-order valence-corrected chi connectivity index (χ2v) is 3.85. The molecule has 2 aromatic heterocycles. The zero-order valence-electron chi connectivity index (χ0n) is 11.1. The Balaban J connectivity index is 0. The van der Waals surface area contributed by atoms with Crippen LogP contribution in [-0.4, -0.2) is 27.6 Å². The molecule has 0 spiro atoms. The molecule has 0 bridgehead atoms. The number of nitrogens with zero attached hydrogens (tertiary/aromatic N) is 6. The van der Waals surface area contributed by atoms with Gasteiger partial charge in [0, 0.05) is 31.7 Å². The predicted molar refractivity (Wildman–Crippen MR) is 89.0 cm³/mol. The molecule has 0 amide bonds. The summed E-state index contributed by atoms with van der Waals surface area (Å²) in [6, 6.07) is 3.47. The van der Waals surface area contributed by atoms with Crippen LogP contribution < -0.4 is 11.5 Å². The summed E-state index contributed by atoms with van der Waals surface area (Å²) in [5.74, 6) is 0.621. The monoisotopic (exact) mass is 367 g/mol. The molecule has 2 heterocycles. The SMILES string of the molecule is CC#N.Nc1ncc(Br)cn1.Nc1ncccn1.[B]=NS. The number of aromatic nitrogens is 4. The normalized spacial score (nSPS) is 7.29. The molecule has 0 aliphatic carbocycles. The number of thiol groups is 1. The summed E-state index contributed by atoms with van der Waals surface area (Å²) in [5.41, 5.74) is 10.3. The molecule has 8 nitrogen and oxygen atoms in total. The molecule has 0 aromatic carbocycles. The molecule has 0 fully saturated rings. The van der Waals surface area contributed by atoms with Crippen LogP contribution >= 0.6 is 28.7 Å². The van der Waals surface area contributed by atoms with E-state index in [1.807, 2.05) is 0 Å². The van der Waals surface area contributed by atoms with Crippen molar-refractivity contribution in [1.82, 2.24) is 19.9 Å². The molecule has 0 saturated heterocycles. The number of nitrogen functional groups attached to an aromatic ring is 2. The first kappa shape index (κ1) is 21.2. The molecular formula is C10H13BBrN8S. The summed E-state index contributed by atoms with van der Waals surface area (Å²) >= 11 is 6.36. The molecule has 21 heavy (non-hydrogen) atoms. The Bertz CT molecular complexity index is 498. The van der Waals surface area contributed by atoms with Crippen molar-refractivity contribution in [3.05, 3.63) is 35.3 Å². The summed E-state index contributed by atoms with van der Waals surface area (Å²) in [5, 5.41) is 7.32. The number of nitrogens with two attached hydrogens (primary N) is 2. The van der Waals surface area contributed by atoms with E-state index < -0.39 is 0 Å². The topological polar surface area (TPSA) is 140 Å². The van der Waals surface area contributed by atoms with Gasteiger partial charge in [-0.1, -0.05) is 0 Å². The van der Waals surface area contributed by atoms with Crippen molar-refractivity contribution in [2.75, 3.05) is 11.5 Å². The minimum atomic E-state index is 0.299. The van der Waals surface area contributed by atoms with Crippen LogP contribution in [0.5, 0.6) is 0 Å². The molecule has 0 atom stereocenters. The second-order valence-electron chi connectivity index (χ2n) is 2.71. The van der Waals surface area contributed by atoms with Crippen molar-refractivity contribution in [3.8, 4) is 6.07 Å². The van der Waals surface area contributed by atoms with E-state index >= 15 is 0 Å². The van der Waals surface area contributed by atoms with Crippen molar-refractivity contribution < 1.29 is 0 Å². The van der Waals surface area contributed by atoms with Crippen LogP contribution in [-0.2, 0) is 0 Å². The van der Waals surface area contributed by atoms with Gasteiger partial charge in [-0.25, -0.2) is 19.9 Å². The van der Waals surface area contributed by atoms with Crippen LogP contribution in [0.3, 0.4) is 0 Å². The van der Waals surface area contributed by atoms with Gasteiger partial charge in [0.15, 0.2) is 0 Å². The first-order chi connectivity index (χ1) is 10.0. The van der Waals surface area contributed by atoms with Gasteiger partial charge in [-0.05, 0) is 22.0 Å². The van der Waals surface area contributed by atoms with Crippen LogP contribution in [0.2, 0.25) is 0 Å². The third kappa shape index (κ3) is 17.9. The number of rotatable bonds is 0. The molecule has 109 valence electrons. The Morgan fingerprint density at radius 1 is 1.19 bits per heavy atom. The van der Waals surface area contributed by atoms with Crippen LogP contribution in [0.1, 0.15) is 6.92 Å². The van der Waals surface area contributed by atoms with Crippen LogP contribution in [0.4, 0.5) is 11.9 Å². The third-order valence-corrected chi connectivity index (χ3v) is 1.64. The molecule has 2 aromatic rings. The molecule has 1 radical (unpaired) electrons. The van der Waals surface area contributed by atoms with E-state index in [1.54, 1.807) is 36.9 Å². The summed E-state index contributed by atoms with van der Waals surface area (Å²) in [4.78, 5) is 14.7. The van der Waals surface area contributed by atoms with Crippen molar-refractivity contribution in [2.24, 2.45) is 4.30 Å². The molecule has 0 unspecified atom stereocenters. The average molecular weight is 368 g/mol. The van der Waals surface area contributed by atoms with Crippen LogP contribution in [0.15, 0.2) is 39.6 Å². The first-order valence-corrected chi connectivity index (χ1v) is 6.31. The number of hydrogen-bond donors (Lipinski definition) is 3. The Labute approximate surface area is 137 Å². The molecule has 4 N–H and O–H groups in total. The fourth-order valence-electron chi connectivity index (χ4n) is 0.633. The van der Waals surface area contributed by atoms with Gasteiger partial charge in [0.05, 0.1) is 10.5 Å². The average Bonchev–Trinajstić information content (AvgIpc) is 2.45. The van der Waals surface area contributed by atoms with E-state index in [0.29, 0.717) is 11.9 Å². The fraction of sp³-hybridized carbons (Fsp3) is 0.100. The van der Waals surface area contributed by atoms with E-state index in [1.165, 1.54) is 6.92 Å². The fourth-order valence-corrected chi connectivity index (χ4v) is 0.838. The molecule has 0 saturated carbocycles. The zero-order chi connectivity index (χ0) is 16.5. The molecule has 0 aliphatic heterocycles. The maximum atomic E-state index is 7.32. The zero-order valence-corrected chi connectivity index (χ0v) is 13.6. The standard InChI is InChI=1S/C4H4BrN3.C4H5N3.C2H3N.BHNS/c5-3-1-7-4(6)8-2-3;5-4-6-2-1-3-7-4;2*1-2-3/h1-2H,(H2,6,7,8);1-3H,(H2,5,6,7);1H3;3H. The maximum absolute atomic E-state index is 7.32. The number of anilines is 2. The quantitative estimate of drug-likeness (QED) is 0.474. The molecule has 0 aliphatic rings. The Hall–Kier alpha value is -2.06. The Morgan fingerprint density at radius 3 is 1.76 bits per heavy atom. The van der Waals surface area contributed by atoms with E-state index in [0.717, 1.165) is 4.47 Å². The summed E-state index contributed by atoms with van der Waals surface area (Å²) in [6.45, 7) is 1.43. The van der Waals surface area contributed by atoms with Gasteiger partial charge < -0.3 is 11.5 Å². The Morgan fingerprint density at radius 2 is 1.52 bits per heavy atom. The second kappa shape index (κ2) is 16.0.